The molecule has 15 heavy (non-hydrogen) atoms. The van der Waals surface area contributed by atoms with Crippen LogP contribution in [0.3, 0.4) is 0 Å². The Morgan fingerprint density at radius 3 is 2.80 bits per heavy atom. The summed E-state index contributed by atoms with van der Waals surface area (Å²) >= 11 is 0. The molecule has 2 N–H and O–H groups in total. The molecule has 0 radical (unpaired) electrons. The Bertz CT molecular complexity index is 293. The molecule has 0 aliphatic carbocycles. The first kappa shape index (κ1) is 10.6. The lowest BCUT2D eigenvalue weighted by Gasteiger charge is -2.26. The molecule has 1 aliphatic heterocycles. The number of hydrogen-bond donors (Lipinski definition) is 1. The van der Waals surface area contributed by atoms with E-state index in [1.54, 1.807) is 0 Å². The van der Waals surface area contributed by atoms with Gasteiger partial charge in [0.15, 0.2) is 0 Å². The molecular formula is C10H18N4O. The molecule has 5 heteroatoms. The number of hydrogen-bond acceptors (Lipinski definition) is 4. The fourth-order valence-corrected chi connectivity index (χ4v) is 1.70. The van der Waals surface area contributed by atoms with Crippen molar-refractivity contribution in [2.45, 2.75) is 13.1 Å². The summed E-state index contributed by atoms with van der Waals surface area (Å²) in [6.07, 6.45) is 3.85. The van der Waals surface area contributed by atoms with Crippen LogP contribution in [0.15, 0.2) is 12.4 Å². The summed E-state index contributed by atoms with van der Waals surface area (Å²) in [5.41, 5.74) is 6.62. The van der Waals surface area contributed by atoms with Crippen molar-refractivity contribution in [3.05, 3.63) is 18.0 Å². The molecular weight excluding hydrogens is 192 g/mol. The molecule has 2 rings (SSSR count). The smallest absolute Gasteiger partial charge is 0.0594 e. The number of rotatable bonds is 4. The maximum atomic E-state index is 5.52. The van der Waals surface area contributed by atoms with Gasteiger partial charge in [0.05, 0.1) is 26.0 Å². The van der Waals surface area contributed by atoms with Crippen molar-refractivity contribution in [3.63, 3.8) is 0 Å². The van der Waals surface area contributed by atoms with Crippen LogP contribution in [0.4, 0.5) is 0 Å². The lowest BCUT2D eigenvalue weighted by atomic mass is 10.4. The van der Waals surface area contributed by atoms with Crippen LogP contribution in [0.25, 0.3) is 0 Å². The highest BCUT2D eigenvalue weighted by molar-refractivity contribution is 5.02. The first-order valence-electron chi connectivity index (χ1n) is 5.40. The first-order chi connectivity index (χ1) is 7.38. The third-order valence-corrected chi connectivity index (χ3v) is 2.67. The minimum atomic E-state index is 0.567. The van der Waals surface area contributed by atoms with Gasteiger partial charge < -0.3 is 10.5 Å². The second-order valence-electron chi connectivity index (χ2n) is 3.77. The van der Waals surface area contributed by atoms with Crippen molar-refractivity contribution >= 4 is 0 Å². The van der Waals surface area contributed by atoms with Crippen molar-refractivity contribution < 1.29 is 4.74 Å². The predicted octanol–water partition coefficient (Wildman–Crippen LogP) is -0.326. The van der Waals surface area contributed by atoms with Crippen LogP contribution in [-0.2, 0) is 17.8 Å². The molecule has 0 bridgehead atoms. The van der Waals surface area contributed by atoms with Crippen molar-refractivity contribution in [3.8, 4) is 0 Å². The lowest BCUT2D eigenvalue weighted by molar-refractivity contribution is 0.0359. The minimum absolute atomic E-state index is 0.567. The molecule has 0 saturated carbocycles. The van der Waals surface area contributed by atoms with Gasteiger partial charge in [0.2, 0.25) is 0 Å². The summed E-state index contributed by atoms with van der Waals surface area (Å²) in [7, 11) is 0. The van der Waals surface area contributed by atoms with Crippen molar-refractivity contribution in [1.82, 2.24) is 14.7 Å². The van der Waals surface area contributed by atoms with Gasteiger partial charge in [-0.3, -0.25) is 9.58 Å². The summed E-state index contributed by atoms with van der Waals surface area (Å²) in [4.78, 5) is 2.40. The molecule has 0 amide bonds. The van der Waals surface area contributed by atoms with E-state index in [4.69, 9.17) is 10.5 Å². The van der Waals surface area contributed by atoms with Gasteiger partial charge in [-0.05, 0) is 0 Å². The maximum absolute atomic E-state index is 5.52. The van der Waals surface area contributed by atoms with E-state index in [-0.39, 0.29) is 0 Å². The summed E-state index contributed by atoms with van der Waals surface area (Å²) < 4.78 is 7.25. The molecule has 0 aromatic carbocycles. The van der Waals surface area contributed by atoms with Crippen LogP contribution < -0.4 is 5.73 Å². The second-order valence-corrected chi connectivity index (χ2v) is 3.77. The van der Waals surface area contributed by atoms with Gasteiger partial charge in [0.1, 0.15) is 0 Å². The topological polar surface area (TPSA) is 56.3 Å². The highest BCUT2D eigenvalue weighted by Crippen LogP contribution is 1.99. The van der Waals surface area contributed by atoms with Gasteiger partial charge in [-0.15, -0.1) is 0 Å². The zero-order valence-corrected chi connectivity index (χ0v) is 8.93. The largest absolute Gasteiger partial charge is 0.379 e. The SMILES string of the molecule is NCc1cnn(CCN2CCOCC2)c1. The number of nitrogens with two attached hydrogens (primary N) is 1. The van der Waals surface area contributed by atoms with E-state index in [0.717, 1.165) is 45.0 Å². The molecule has 5 nitrogen and oxygen atoms in total. The molecule has 1 fully saturated rings. The minimum Gasteiger partial charge on any atom is -0.379 e. The number of ether oxygens (including phenoxy) is 1. The van der Waals surface area contributed by atoms with Crippen molar-refractivity contribution in [2.24, 2.45) is 5.73 Å². The molecule has 1 aromatic rings. The standard InChI is InChI=1S/C10H18N4O/c11-7-10-8-12-14(9-10)2-1-13-3-5-15-6-4-13/h8-9H,1-7,11H2. The first-order valence-corrected chi connectivity index (χ1v) is 5.40. The van der Waals surface area contributed by atoms with Gasteiger partial charge >= 0.3 is 0 Å². The summed E-state index contributed by atoms with van der Waals surface area (Å²) in [5, 5.41) is 4.25. The second kappa shape index (κ2) is 5.25. The normalized spacial score (nSPS) is 18.2. The Balaban J connectivity index is 1.76. The number of morpholine rings is 1. The molecule has 0 atom stereocenters. The Morgan fingerprint density at radius 2 is 2.13 bits per heavy atom. The van der Waals surface area contributed by atoms with Crippen molar-refractivity contribution in [1.29, 1.82) is 0 Å². The van der Waals surface area contributed by atoms with E-state index in [2.05, 4.69) is 10.00 Å². The quantitative estimate of drug-likeness (QED) is 0.739. The fraction of sp³-hybridized carbons (Fsp3) is 0.700. The maximum Gasteiger partial charge on any atom is 0.0594 e. The molecule has 2 heterocycles. The predicted molar refractivity (Wildman–Crippen MR) is 57.4 cm³/mol. The Kier molecular flexibility index (Phi) is 3.71. The average Bonchev–Trinajstić information content (AvgIpc) is 2.76. The zero-order chi connectivity index (χ0) is 10.5. The van der Waals surface area contributed by atoms with Gasteiger partial charge in [-0.1, -0.05) is 0 Å². The van der Waals surface area contributed by atoms with Crippen LogP contribution in [0.2, 0.25) is 0 Å². The summed E-state index contributed by atoms with van der Waals surface area (Å²) in [6, 6.07) is 0. The van der Waals surface area contributed by atoms with Gasteiger partial charge in [-0.2, -0.15) is 5.10 Å². The Hall–Kier alpha value is -0.910. The van der Waals surface area contributed by atoms with Gasteiger partial charge in [-0.25, -0.2) is 0 Å². The van der Waals surface area contributed by atoms with E-state index in [1.807, 2.05) is 17.1 Å². The Labute approximate surface area is 89.8 Å². The summed E-state index contributed by atoms with van der Waals surface area (Å²) in [5.74, 6) is 0. The highest BCUT2D eigenvalue weighted by Gasteiger charge is 2.09. The van der Waals surface area contributed by atoms with E-state index in [1.165, 1.54) is 0 Å². The van der Waals surface area contributed by atoms with Crippen LogP contribution in [0, 0.1) is 0 Å². The average molecular weight is 210 g/mol. The van der Waals surface area contributed by atoms with E-state index in [9.17, 15) is 0 Å². The fourth-order valence-electron chi connectivity index (χ4n) is 1.70. The Morgan fingerprint density at radius 1 is 1.33 bits per heavy atom. The highest BCUT2D eigenvalue weighted by atomic mass is 16.5. The number of aromatic nitrogens is 2. The van der Waals surface area contributed by atoms with Crippen LogP contribution in [0.1, 0.15) is 5.56 Å². The molecule has 1 aliphatic rings. The third-order valence-electron chi connectivity index (χ3n) is 2.67. The van der Waals surface area contributed by atoms with E-state index in [0.29, 0.717) is 6.54 Å². The van der Waals surface area contributed by atoms with Gasteiger partial charge in [0.25, 0.3) is 0 Å². The number of nitrogens with zero attached hydrogens (tertiary/aromatic N) is 3. The van der Waals surface area contributed by atoms with E-state index >= 15 is 0 Å². The lowest BCUT2D eigenvalue weighted by Crippen LogP contribution is -2.38. The summed E-state index contributed by atoms with van der Waals surface area (Å²) in [6.45, 7) is 6.31. The molecule has 0 unspecified atom stereocenters. The third kappa shape index (κ3) is 3.02. The molecule has 1 saturated heterocycles. The van der Waals surface area contributed by atoms with Crippen LogP contribution in [0.5, 0.6) is 0 Å². The van der Waals surface area contributed by atoms with E-state index < -0.39 is 0 Å². The molecule has 84 valence electrons. The monoisotopic (exact) mass is 210 g/mol. The van der Waals surface area contributed by atoms with Crippen LogP contribution >= 0.6 is 0 Å². The van der Waals surface area contributed by atoms with Gasteiger partial charge in [0, 0.05) is 37.9 Å². The van der Waals surface area contributed by atoms with Crippen molar-refractivity contribution in [2.75, 3.05) is 32.8 Å². The van der Waals surface area contributed by atoms with Crippen LogP contribution in [-0.4, -0.2) is 47.5 Å². The zero-order valence-electron chi connectivity index (χ0n) is 8.93. The molecule has 1 aromatic heterocycles. The molecule has 0 spiro atoms.